The van der Waals surface area contributed by atoms with E-state index in [1.807, 2.05) is 18.2 Å². The number of pyridine rings is 1. The summed E-state index contributed by atoms with van der Waals surface area (Å²) in [5.41, 5.74) is 1.90. The number of amides is 3. The lowest BCUT2D eigenvalue weighted by atomic mass is 10.2. The number of aromatic nitrogens is 3. The molecule has 4 heterocycles. The third-order valence-corrected chi connectivity index (χ3v) is 4.79. The van der Waals surface area contributed by atoms with E-state index in [1.165, 1.54) is 0 Å². The van der Waals surface area contributed by atoms with Crippen LogP contribution in [0.1, 0.15) is 34.7 Å². The van der Waals surface area contributed by atoms with Crippen LogP contribution in [0.4, 0.5) is 0 Å². The van der Waals surface area contributed by atoms with Crippen molar-refractivity contribution in [1.29, 1.82) is 0 Å². The summed E-state index contributed by atoms with van der Waals surface area (Å²) < 4.78 is 1.76. The Bertz CT molecular complexity index is 878. The Labute approximate surface area is 155 Å². The van der Waals surface area contributed by atoms with Crippen LogP contribution in [0.2, 0.25) is 0 Å². The number of nitrogens with one attached hydrogen (secondary N) is 2. The largest absolute Gasteiger partial charge is 0.345 e. The van der Waals surface area contributed by atoms with E-state index in [0.717, 1.165) is 11.4 Å². The van der Waals surface area contributed by atoms with Crippen LogP contribution in [0.5, 0.6) is 0 Å². The quantitative estimate of drug-likeness (QED) is 0.779. The van der Waals surface area contributed by atoms with Gasteiger partial charge in [0, 0.05) is 19.2 Å². The summed E-state index contributed by atoms with van der Waals surface area (Å²) in [5, 5.41) is 9.85. The van der Waals surface area contributed by atoms with E-state index in [0.29, 0.717) is 44.7 Å². The van der Waals surface area contributed by atoms with Gasteiger partial charge in [0.15, 0.2) is 5.69 Å². The summed E-state index contributed by atoms with van der Waals surface area (Å²) in [7, 11) is 0. The van der Waals surface area contributed by atoms with Crippen LogP contribution in [0.3, 0.4) is 0 Å². The molecule has 9 nitrogen and oxygen atoms in total. The lowest BCUT2D eigenvalue weighted by molar-refractivity contribution is -0.135. The van der Waals surface area contributed by atoms with Crippen molar-refractivity contribution in [1.82, 2.24) is 30.3 Å². The molecule has 1 saturated heterocycles. The van der Waals surface area contributed by atoms with Gasteiger partial charge >= 0.3 is 0 Å². The Morgan fingerprint density at radius 3 is 2.93 bits per heavy atom. The zero-order chi connectivity index (χ0) is 18.8. The number of nitrogens with zero attached hydrogens (tertiary/aromatic N) is 4. The molecule has 2 aromatic rings. The van der Waals surface area contributed by atoms with Crippen molar-refractivity contribution in [3.63, 3.8) is 0 Å². The molecule has 2 N–H and O–H groups in total. The highest BCUT2D eigenvalue weighted by Crippen LogP contribution is 2.17. The van der Waals surface area contributed by atoms with Crippen molar-refractivity contribution >= 4 is 17.7 Å². The molecule has 3 amide bonds. The fourth-order valence-electron chi connectivity index (χ4n) is 3.35. The molecular formula is C18H20N6O3. The van der Waals surface area contributed by atoms with Crippen molar-refractivity contribution in [3.05, 3.63) is 47.5 Å². The van der Waals surface area contributed by atoms with Gasteiger partial charge in [-0.1, -0.05) is 6.07 Å². The van der Waals surface area contributed by atoms with Crippen molar-refractivity contribution in [3.8, 4) is 0 Å². The molecule has 2 aliphatic heterocycles. The number of hydrogen-bond acceptors (Lipinski definition) is 5. The maximum Gasteiger partial charge on any atom is 0.272 e. The first-order valence-corrected chi connectivity index (χ1v) is 8.93. The Kier molecular flexibility index (Phi) is 4.57. The summed E-state index contributed by atoms with van der Waals surface area (Å²) in [6.07, 6.45) is 2.60. The molecule has 0 spiro atoms. The van der Waals surface area contributed by atoms with Crippen LogP contribution in [0, 0.1) is 0 Å². The van der Waals surface area contributed by atoms with Gasteiger partial charge in [-0.2, -0.15) is 5.10 Å². The number of fused-ring (bicyclic) bond motifs is 1. The first-order chi connectivity index (χ1) is 13.1. The van der Waals surface area contributed by atoms with Gasteiger partial charge < -0.3 is 15.5 Å². The molecule has 1 atom stereocenters. The van der Waals surface area contributed by atoms with Crippen LogP contribution in [0.15, 0.2) is 30.5 Å². The summed E-state index contributed by atoms with van der Waals surface area (Å²) >= 11 is 0. The molecule has 9 heteroatoms. The normalized spacial score (nSPS) is 18.7. The van der Waals surface area contributed by atoms with Crippen LogP contribution in [0.25, 0.3) is 0 Å². The fourth-order valence-corrected chi connectivity index (χ4v) is 3.35. The maximum atomic E-state index is 12.6. The van der Waals surface area contributed by atoms with Gasteiger partial charge in [0.2, 0.25) is 11.8 Å². The predicted molar refractivity (Wildman–Crippen MR) is 94.2 cm³/mol. The van der Waals surface area contributed by atoms with Gasteiger partial charge in [-0.15, -0.1) is 0 Å². The predicted octanol–water partition coefficient (Wildman–Crippen LogP) is -0.171. The molecular weight excluding hydrogens is 348 g/mol. The molecule has 0 radical (unpaired) electrons. The van der Waals surface area contributed by atoms with Gasteiger partial charge in [0.05, 0.1) is 31.0 Å². The number of carbonyl (C=O) groups is 3. The second-order valence-electron chi connectivity index (χ2n) is 6.67. The van der Waals surface area contributed by atoms with Crippen LogP contribution >= 0.6 is 0 Å². The average Bonchev–Trinajstić information content (AvgIpc) is 3.32. The molecule has 0 aromatic carbocycles. The van der Waals surface area contributed by atoms with E-state index in [2.05, 4.69) is 20.7 Å². The average molecular weight is 368 g/mol. The highest BCUT2D eigenvalue weighted by Gasteiger charge is 2.32. The van der Waals surface area contributed by atoms with Crippen molar-refractivity contribution in [2.24, 2.45) is 0 Å². The molecule has 0 saturated carbocycles. The van der Waals surface area contributed by atoms with E-state index in [4.69, 9.17) is 0 Å². The molecule has 0 unspecified atom stereocenters. The van der Waals surface area contributed by atoms with E-state index in [1.54, 1.807) is 21.8 Å². The van der Waals surface area contributed by atoms with Crippen LogP contribution in [-0.2, 0) is 29.2 Å². The molecule has 1 fully saturated rings. The first kappa shape index (κ1) is 17.2. The molecule has 0 bridgehead atoms. The van der Waals surface area contributed by atoms with E-state index < -0.39 is 6.04 Å². The SMILES string of the molecule is O=C1CC[C@@H](C(=O)N2CCn3nc(C(=O)NCc4ccccn4)cc3C2)N1. The molecule has 27 heavy (non-hydrogen) atoms. The van der Waals surface area contributed by atoms with Crippen molar-refractivity contribution in [2.45, 2.75) is 38.5 Å². The lowest BCUT2D eigenvalue weighted by Crippen LogP contribution is -2.47. The Balaban J connectivity index is 1.39. The van der Waals surface area contributed by atoms with E-state index >= 15 is 0 Å². The fraction of sp³-hybridized carbons (Fsp3) is 0.389. The minimum Gasteiger partial charge on any atom is -0.345 e. The molecule has 4 rings (SSSR count). The zero-order valence-electron chi connectivity index (χ0n) is 14.7. The Morgan fingerprint density at radius 1 is 1.30 bits per heavy atom. The second kappa shape index (κ2) is 7.18. The Hall–Kier alpha value is -3.23. The van der Waals surface area contributed by atoms with Gasteiger partial charge in [-0.3, -0.25) is 24.0 Å². The van der Waals surface area contributed by atoms with Gasteiger partial charge in [-0.05, 0) is 24.6 Å². The summed E-state index contributed by atoms with van der Waals surface area (Å²) in [5.74, 6) is -0.430. The smallest absolute Gasteiger partial charge is 0.272 e. The van der Waals surface area contributed by atoms with Gasteiger partial charge in [0.25, 0.3) is 5.91 Å². The monoisotopic (exact) mass is 368 g/mol. The van der Waals surface area contributed by atoms with Crippen molar-refractivity contribution in [2.75, 3.05) is 6.54 Å². The minimum atomic E-state index is -0.437. The lowest BCUT2D eigenvalue weighted by Gasteiger charge is -2.29. The molecule has 140 valence electrons. The zero-order valence-corrected chi connectivity index (χ0v) is 14.7. The number of hydrogen-bond donors (Lipinski definition) is 2. The standard InChI is InChI=1S/C18H20N6O3/c25-16-5-4-14(21-16)18(27)23-7-8-24-13(11-23)9-15(22-24)17(26)20-10-12-3-1-2-6-19-12/h1-3,6,9,14H,4-5,7-8,10-11H2,(H,20,26)(H,21,25)/t14-/m0/s1. The maximum absolute atomic E-state index is 12.6. The Morgan fingerprint density at radius 2 is 2.19 bits per heavy atom. The van der Waals surface area contributed by atoms with Crippen LogP contribution < -0.4 is 10.6 Å². The third-order valence-electron chi connectivity index (χ3n) is 4.79. The highest BCUT2D eigenvalue weighted by molar-refractivity contribution is 5.92. The number of rotatable bonds is 4. The van der Waals surface area contributed by atoms with Crippen LogP contribution in [-0.4, -0.2) is 50.0 Å². The highest BCUT2D eigenvalue weighted by atomic mass is 16.2. The van der Waals surface area contributed by atoms with E-state index in [-0.39, 0.29) is 17.7 Å². The van der Waals surface area contributed by atoms with Crippen molar-refractivity contribution < 1.29 is 14.4 Å². The summed E-state index contributed by atoms with van der Waals surface area (Å²) in [4.78, 5) is 42.1. The molecule has 2 aromatic heterocycles. The number of carbonyl (C=O) groups excluding carboxylic acids is 3. The first-order valence-electron chi connectivity index (χ1n) is 8.93. The summed E-state index contributed by atoms with van der Waals surface area (Å²) in [6.45, 7) is 1.74. The van der Waals surface area contributed by atoms with E-state index in [9.17, 15) is 14.4 Å². The van der Waals surface area contributed by atoms with Gasteiger partial charge in [0.1, 0.15) is 6.04 Å². The van der Waals surface area contributed by atoms with Gasteiger partial charge in [-0.25, -0.2) is 0 Å². The second-order valence-corrected chi connectivity index (χ2v) is 6.67. The molecule has 2 aliphatic rings. The summed E-state index contributed by atoms with van der Waals surface area (Å²) in [6, 6.07) is 6.79. The molecule has 0 aliphatic carbocycles. The minimum absolute atomic E-state index is 0.0746. The topological polar surface area (TPSA) is 109 Å². The third kappa shape index (κ3) is 3.67.